The monoisotopic (exact) mass is 425 g/mol. The van der Waals surface area contributed by atoms with Gasteiger partial charge in [0.2, 0.25) is 11.8 Å². The van der Waals surface area contributed by atoms with Crippen LogP contribution in [0.5, 0.6) is 0 Å². The molecule has 0 radical (unpaired) electrons. The first-order chi connectivity index (χ1) is 13.7. The summed E-state index contributed by atoms with van der Waals surface area (Å²) in [6.07, 6.45) is -2.93. The number of benzene rings is 1. The zero-order chi connectivity index (χ0) is 21.2. The molecule has 2 unspecified atom stereocenters. The quantitative estimate of drug-likeness (QED) is 0.695. The van der Waals surface area contributed by atoms with E-state index in [-0.39, 0.29) is 12.8 Å². The van der Waals surface area contributed by atoms with Crippen molar-refractivity contribution in [3.63, 3.8) is 0 Å². The third-order valence-electron chi connectivity index (χ3n) is 4.88. The average molecular weight is 425 g/mol. The summed E-state index contributed by atoms with van der Waals surface area (Å²) < 4.78 is 38.2. The Balaban J connectivity index is 1.67. The Morgan fingerprint density at radius 2 is 1.97 bits per heavy atom. The van der Waals surface area contributed by atoms with E-state index in [4.69, 9.17) is 0 Å². The van der Waals surface area contributed by atoms with Crippen LogP contribution in [-0.4, -0.2) is 29.0 Å². The molecule has 2 amide bonds. The minimum atomic E-state index is -4.51. The predicted octanol–water partition coefficient (Wildman–Crippen LogP) is 4.47. The molecule has 3 rings (SSSR count). The predicted molar refractivity (Wildman–Crippen MR) is 106 cm³/mol. The highest BCUT2D eigenvalue weighted by Crippen LogP contribution is 2.32. The summed E-state index contributed by atoms with van der Waals surface area (Å²) >= 11 is 1.27. The minimum absolute atomic E-state index is 0.155. The van der Waals surface area contributed by atoms with Crippen molar-refractivity contribution in [2.24, 2.45) is 5.92 Å². The number of anilines is 1. The molecule has 1 aliphatic heterocycles. The number of hydrogen-bond donors (Lipinski definition) is 2. The van der Waals surface area contributed by atoms with E-state index in [9.17, 15) is 22.8 Å². The second kappa shape index (κ2) is 8.52. The minimum Gasteiger partial charge on any atom is -0.344 e. The van der Waals surface area contributed by atoms with Crippen molar-refractivity contribution in [2.45, 2.75) is 51.7 Å². The Labute approximate surface area is 170 Å². The van der Waals surface area contributed by atoms with Crippen molar-refractivity contribution in [3.8, 4) is 11.3 Å². The Kier molecular flexibility index (Phi) is 6.26. The average Bonchev–Trinajstić information content (AvgIpc) is 3.01. The molecule has 2 N–H and O–H groups in total. The van der Waals surface area contributed by atoms with Crippen molar-refractivity contribution in [1.82, 2.24) is 10.3 Å². The lowest BCUT2D eigenvalue weighted by Gasteiger charge is -2.29. The van der Waals surface area contributed by atoms with Gasteiger partial charge in [0.05, 0.1) is 5.69 Å². The normalized spacial score (nSPS) is 19.7. The lowest BCUT2D eigenvalue weighted by atomic mass is 9.93. The molecule has 5 nitrogen and oxygen atoms in total. The fourth-order valence-corrected chi connectivity index (χ4v) is 4.17. The van der Waals surface area contributed by atoms with Crippen LogP contribution in [0.4, 0.5) is 18.3 Å². The molecule has 156 valence electrons. The molecule has 2 aromatic rings. The Hall–Kier alpha value is -2.42. The van der Waals surface area contributed by atoms with E-state index in [1.807, 2.05) is 36.5 Å². The zero-order valence-electron chi connectivity index (χ0n) is 16.1. The summed E-state index contributed by atoms with van der Waals surface area (Å²) in [6.45, 7) is 3.99. The smallest absolute Gasteiger partial charge is 0.344 e. The van der Waals surface area contributed by atoms with E-state index in [1.165, 1.54) is 16.9 Å². The maximum Gasteiger partial charge on any atom is 0.408 e. The van der Waals surface area contributed by atoms with Gasteiger partial charge >= 0.3 is 6.18 Å². The number of thiazole rings is 1. The molecule has 1 fully saturated rings. The van der Waals surface area contributed by atoms with Crippen LogP contribution in [0.2, 0.25) is 0 Å². The van der Waals surface area contributed by atoms with Crippen LogP contribution in [0.1, 0.15) is 36.6 Å². The maximum absolute atomic E-state index is 12.7. The van der Waals surface area contributed by atoms with Crippen LogP contribution in [0.25, 0.3) is 11.3 Å². The molecule has 1 saturated heterocycles. The molecule has 1 aromatic carbocycles. The van der Waals surface area contributed by atoms with Gasteiger partial charge in [0.1, 0.15) is 12.0 Å². The molecule has 2 atom stereocenters. The van der Waals surface area contributed by atoms with Crippen LogP contribution in [-0.2, 0) is 16.0 Å². The molecule has 0 saturated carbocycles. The number of halogens is 3. The highest BCUT2D eigenvalue weighted by atomic mass is 32.1. The Bertz CT molecular complexity index is 893. The molecule has 1 aromatic heterocycles. The summed E-state index contributed by atoms with van der Waals surface area (Å²) in [7, 11) is 0. The summed E-state index contributed by atoms with van der Waals surface area (Å²) in [5.74, 6) is -2.70. The lowest BCUT2D eigenvalue weighted by Crippen LogP contribution is -2.53. The summed E-state index contributed by atoms with van der Waals surface area (Å²) in [5.41, 5.74) is 2.89. The molecule has 2 heterocycles. The molecule has 29 heavy (non-hydrogen) atoms. The SMILES string of the molecule is CCCc1ccc(-c2nc(NC(=O)C3CCC(C(F)(F)F)NC3=O)sc2C)cc1. The van der Waals surface area contributed by atoms with Gasteiger partial charge < -0.3 is 10.6 Å². The maximum atomic E-state index is 12.7. The lowest BCUT2D eigenvalue weighted by molar-refractivity contribution is -0.170. The van der Waals surface area contributed by atoms with E-state index in [1.54, 1.807) is 0 Å². The van der Waals surface area contributed by atoms with E-state index in [2.05, 4.69) is 17.2 Å². The number of carbonyl (C=O) groups excluding carboxylic acids is 2. The highest BCUT2D eigenvalue weighted by molar-refractivity contribution is 7.16. The molecule has 0 bridgehead atoms. The second-order valence-electron chi connectivity index (χ2n) is 7.09. The van der Waals surface area contributed by atoms with Crippen molar-refractivity contribution in [2.75, 3.05) is 5.32 Å². The van der Waals surface area contributed by atoms with E-state index in [0.717, 1.165) is 29.0 Å². The molecular weight excluding hydrogens is 403 g/mol. The van der Waals surface area contributed by atoms with Crippen molar-refractivity contribution < 1.29 is 22.8 Å². The number of aromatic nitrogens is 1. The molecule has 1 aliphatic rings. The van der Waals surface area contributed by atoms with Crippen LogP contribution >= 0.6 is 11.3 Å². The number of rotatable bonds is 5. The highest BCUT2D eigenvalue weighted by Gasteiger charge is 2.46. The number of alkyl halides is 3. The van der Waals surface area contributed by atoms with Crippen LogP contribution in [0.15, 0.2) is 24.3 Å². The van der Waals surface area contributed by atoms with Gasteiger partial charge in [-0.1, -0.05) is 37.6 Å². The molecule has 0 aliphatic carbocycles. The van der Waals surface area contributed by atoms with Gasteiger partial charge in [-0.3, -0.25) is 9.59 Å². The first-order valence-corrected chi connectivity index (χ1v) is 10.3. The third-order valence-corrected chi connectivity index (χ3v) is 5.77. The summed E-state index contributed by atoms with van der Waals surface area (Å²) in [6, 6.07) is 6.14. The fourth-order valence-electron chi connectivity index (χ4n) is 3.33. The Morgan fingerprint density at radius 3 is 2.55 bits per heavy atom. The van der Waals surface area contributed by atoms with Crippen molar-refractivity contribution in [3.05, 3.63) is 34.7 Å². The zero-order valence-corrected chi connectivity index (χ0v) is 16.9. The van der Waals surface area contributed by atoms with Crippen molar-refractivity contribution >= 4 is 28.3 Å². The first kappa shape index (κ1) is 21.3. The van der Waals surface area contributed by atoms with Crippen LogP contribution < -0.4 is 10.6 Å². The van der Waals surface area contributed by atoms with Crippen molar-refractivity contribution in [1.29, 1.82) is 0 Å². The van der Waals surface area contributed by atoms with Gasteiger partial charge in [0, 0.05) is 10.4 Å². The van der Waals surface area contributed by atoms with E-state index in [0.29, 0.717) is 5.13 Å². The number of hydrogen-bond acceptors (Lipinski definition) is 4. The summed E-state index contributed by atoms with van der Waals surface area (Å²) in [5, 5.41) is 4.80. The van der Waals surface area contributed by atoms with Crippen LogP contribution in [0, 0.1) is 12.8 Å². The molecule has 9 heteroatoms. The summed E-state index contributed by atoms with van der Waals surface area (Å²) in [4.78, 5) is 29.7. The number of amides is 2. The van der Waals surface area contributed by atoms with E-state index < -0.39 is 30.0 Å². The van der Waals surface area contributed by atoms with E-state index >= 15 is 0 Å². The number of carbonyl (C=O) groups is 2. The standard InChI is InChI=1S/C20H22F3N3O2S/c1-3-4-12-5-7-13(8-6-12)16-11(2)29-19(25-16)26-18(28)14-9-10-15(20(21,22)23)24-17(14)27/h5-8,14-15H,3-4,9-10H2,1-2H3,(H,24,27)(H,25,26,28). The van der Waals surface area contributed by atoms with Gasteiger partial charge in [-0.05, 0) is 31.7 Å². The molecular formula is C20H22F3N3O2S. The topological polar surface area (TPSA) is 71.1 Å². The number of aryl methyl sites for hydroxylation is 2. The van der Waals surface area contributed by atoms with Gasteiger partial charge in [-0.2, -0.15) is 13.2 Å². The van der Waals surface area contributed by atoms with Gasteiger partial charge in [0.25, 0.3) is 0 Å². The second-order valence-corrected chi connectivity index (χ2v) is 8.30. The third kappa shape index (κ3) is 4.95. The Morgan fingerprint density at radius 1 is 1.28 bits per heavy atom. The fraction of sp³-hybridized carbons (Fsp3) is 0.450. The van der Waals surface area contributed by atoms with Gasteiger partial charge in [-0.15, -0.1) is 11.3 Å². The van der Waals surface area contributed by atoms with Crippen LogP contribution in [0.3, 0.4) is 0 Å². The largest absolute Gasteiger partial charge is 0.408 e. The number of nitrogens with one attached hydrogen (secondary N) is 2. The molecule has 0 spiro atoms. The van der Waals surface area contributed by atoms with Gasteiger partial charge in [-0.25, -0.2) is 4.98 Å². The number of nitrogens with zero attached hydrogens (tertiary/aromatic N) is 1. The first-order valence-electron chi connectivity index (χ1n) is 9.43. The van der Waals surface area contributed by atoms with Gasteiger partial charge in [0.15, 0.2) is 5.13 Å². The number of piperidine rings is 1.